The fourth-order valence-electron chi connectivity index (χ4n) is 4.57. The molecule has 35 heavy (non-hydrogen) atoms. The van der Waals surface area contributed by atoms with Crippen LogP contribution < -0.4 is 4.74 Å². The maximum absolute atomic E-state index is 13.1. The number of halogens is 3. The number of carbonyl (C=O) groups excluding carboxylic acids is 1. The first-order valence-corrected chi connectivity index (χ1v) is 11.6. The molecule has 2 fully saturated rings. The van der Waals surface area contributed by atoms with Crippen molar-refractivity contribution in [1.29, 1.82) is 0 Å². The van der Waals surface area contributed by atoms with E-state index >= 15 is 0 Å². The Morgan fingerprint density at radius 3 is 2.40 bits per heavy atom. The van der Waals surface area contributed by atoms with E-state index in [9.17, 15) is 18.0 Å². The van der Waals surface area contributed by atoms with Gasteiger partial charge in [0.25, 0.3) is 5.91 Å². The molecular formula is C25H25F3N4O3. The van der Waals surface area contributed by atoms with Crippen molar-refractivity contribution in [2.24, 2.45) is 0 Å². The van der Waals surface area contributed by atoms with Crippen molar-refractivity contribution in [3.63, 3.8) is 0 Å². The average Bonchev–Trinajstić information content (AvgIpc) is 2.88. The smallest absolute Gasteiger partial charge is 0.433 e. The van der Waals surface area contributed by atoms with Crippen molar-refractivity contribution in [2.75, 3.05) is 39.4 Å². The molecule has 0 bridgehead atoms. The summed E-state index contributed by atoms with van der Waals surface area (Å²) in [5.74, 6) is 0.547. The minimum Gasteiger partial charge on any atom is -0.456 e. The molecule has 0 atom stereocenters. The van der Waals surface area contributed by atoms with Crippen LogP contribution in [0, 0.1) is 0 Å². The van der Waals surface area contributed by atoms with Crippen LogP contribution in [0.4, 0.5) is 13.2 Å². The number of carbonyl (C=O) groups is 1. The molecule has 2 aromatic heterocycles. The Bertz CT molecular complexity index is 1190. The molecule has 1 amide bonds. The lowest BCUT2D eigenvalue weighted by molar-refractivity contribution is -0.141. The fourth-order valence-corrected chi connectivity index (χ4v) is 4.57. The summed E-state index contributed by atoms with van der Waals surface area (Å²) < 4.78 is 49.1. The number of hydrogen-bond donors (Lipinski definition) is 0. The summed E-state index contributed by atoms with van der Waals surface area (Å²) in [7, 11) is 0. The molecule has 3 aromatic rings. The van der Waals surface area contributed by atoms with Crippen LogP contribution in [-0.2, 0) is 10.9 Å². The number of morpholine rings is 1. The van der Waals surface area contributed by atoms with Crippen LogP contribution in [0.2, 0.25) is 0 Å². The van der Waals surface area contributed by atoms with E-state index in [1.807, 2.05) is 4.90 Å². The van der Waals surface area contributed by atoms with Crippen molar-refractivity contribution >= 4 is 16.8 Å². The predicted octanol–water partition coefficient (Wildman–Crippen LogP) is 4.38. The van der Waals surface area contributed by atoms with E-state index in [4.69, 9.17) is 9.47 Å². The summed E-state index contributed by atoms with van der Waals surface area (Å²) in [5.41, 5.74) is 0.0509. The van der Waals surface area contributed by atoms with Gasteiger partial charge in [-0.1, -0.05) is 6.07 Å². The molecule has 10 heteroatoms. The topological polar surface area (TPSA) is 67.8 Å². The van der Waals surface area contributed by atoms with E-state index in [2.05, 4.69) is 14.9 Å². The van der Waals surface area contributed by atoms with Crippen LogP contribution in [0.15, 0.2) is 48.7 Å². The van der Waals surface area contributed by atoms with Gasteiger partial charge >= 0.3 is 6.18 Å². The van der Waals surface area contributed by atoms with Crippen molar-refractivity contribution in [2.45, 2.75) is 25.1 Å². The number of ether oxygens (including phenoxy) is 2. The van der Waals surface area contributed by atoms with E-state index in [0.29, 0.717) is 36.1 Å². The van der Waals surface area contributed by atoms with Gasteiger partial charge in [-0.25, -0.2) is 9.97 Å². The number of likely N-dealkylation sites (tertiary alicyclic amines) is 1. The zero-order chi connectivity index (χ0) is 24.4. The monoisotopic (exact) mass is 486 g/mol. The molecule has 0 N–H and O–H groups in total. The van der Waals surface area contributed by atoms with Gasteiger partial charge in [-0.15, -0.1) is 0 Å². The first-order chi connectivity index (χ1) is 16.9. The Balaban J connectivity index is 1.23. The van der Waals surface area contributed by atoms with Gasteiger partial charge in [0.05, 0.1) is 24.9 Å². The summed E-state index contributed by atoms with van der Waals surface area (Å²) in [6.07, 6.45) is -1.58. The second kappa shape index (κ2) is 9.79. The van der Waals surface area contributed by atoms with Gasteiger partial charge < -0.3 is 14.4 Å². The normalized spacial score (nSPS) is 18.1. The molecule has 2 saturated heterocycles. The highest BCUT2D eigenvalue weighted by molar-refractivity contribution is 5.95. The van der Waals surface area contributed by atoms with Gasteiger partial charge in [0, 0.05) is 37.6 Å². The number of amides is 1. The Morgan fingerprint density at radius 2 is 1.71 bits per heavy atom. The minimum atomic E-state index is -4.50. The number of aromatic nitrogens is 2. The third-order valence-corrected chi connectivity index (χ3v) is 6.46. The second-order valence-electron chi connectivity index (χ2n) is 8.70. The molecule has 7 nitrogen and oxygen atoms in total. The van der Waals surface area contributed by atoms with Crippen LogP contribution in [0.25, 0.3) is 10.9 Å². The van der Waals surface area contributed by atoms with Crippen LogP contribution >= 0.6 is 0 Å². The van der Waals surface area contributed by atoms with Gasteiger partial charge in [0.1, 0.15) is 22.9 Å². The fraction of sp³-hybridized carbons (Fsp3) is 0.400. The molecule has 0 radical (unpaired) electrons. The van der Waals surface area contributed by atoms with Crippen molar-refractivity contribution in [3.8, 4) is 11.5 Å². The van der Waals surface area contributed by atoms with Gasteiger partial charge in [-0.3, -0.25) is 9.69 Å². The zero-order valence-corrected chi connectivity index (χ0v) is 19.0. The number of benzene rings is 1. The number of piperidine rings is 1. The molecule has 0 unspecified atom stereocenters. The molecule has 4 heterocycles. The van der Waals surface area contributed by atoms with Gasteiger partial charge in [-0.05, 0) is 49.2 Å². The summed E-state index contributed by atoms with van der Waals surface area (Å²) in [6, 6.07) is 11.2. The third-order valence-electron chi connectivity index (χ3n) is 6.46. The Hall–Kier alpha value is -3.24. The van der Waals surface area contributed by atoms with E-state index in [0.717, 1.165) is 56.8 Å². The SMILES string of the molecule is O=C(c1ccc2cc(Oc3ccc(C(F)(F)F)nc3)ccc2n1)N1CCC(N2CCOCC2)CC1. The lowest BCUT2D eigenvalue weighted by Gasteiger charge is -2.40. The molecule has 2 aliphatic rings. The lowest BCUT2D eigenvalue weighted by atomic mass is 10.0. The Kier molecular flexibility index (Phi) is 6.57. The maximum Gasteiger partial charge on any atom is 0.433 e. The molecule has 1 aromatic carbocycles. The highest BCUT2D eigenvalue weighted by atomic mass is 19.4. The number of pyridine rings is 2. The molecular weight excluding hydrogens is 461 g/mol. The minimum absolute atomic E-state index is 0.0801. The van der Waals surface area contributed by atoms with Crippen LogP contribution in [0.3, 0.4) is 0 Å². The number of nitrogens with zero attached hydrogens (tertiary/aromatic N) is 4. The van der Waals surface area contributed by atoms with Gasteiger partial charge in [0.15, 0.2) is 0 Å². The third kappa shape index (κ3) is 5.38. The number of alkyl halides is 3. The van der Waals surface area contributed by atoms with Crippen LogP contribution in [0.1, 0.15) is 29.0 Å². The van der Waals surface area contributed by atoms with Gasteiger partial charge in [0.2, 0.25) is 0 Å². The molecule has 184 valence electrons. The van der Waals surface area contributed by atoms with Crippen molar-refractivity contribution < 1.29 is 27.4 Å². The molecule has 2 aliphatic heterocycles. The maximum atomic E-state index is 13.1. The standard InChI is InChI=1S/C25H25F3N4O3/c26-25(27,28)23-6-3-20(16-29-23)35-19-2-5-21-17(15-19)1-4-22(30-21)24(33)32-9-7-18(8-10-32)31-11-13-34-14-12-31/h1-6,15-16,18H,7-14H2. The Morgan fingerprint density at radius 1 is 0.971 bits per heavy atom. The number of fused-ring (bicyclic) bond motifs is 1. The lowest BCUT2D eigenvalue weighted by Crippen LogP contribution is -2.50. The van der Waals surface area contributed by atoms with E-state index in [-0.39, 0.29) is 11.7 Å². The molecule has 0 saturated carbocycles. The highest BCUT2D eigenvalue weighted by Gasteiger charge is 2.32. The van der Waals surface area contributed by atoms with E-state index in [1.54, 1.807) is 30.3 Å². The number of hydrogen-bond acceptors (Lipinski definition) is 6. The first kappa shape index (κ1) is 23.5. The molecule has 0 aliphatic carbocycles. The van der Waals surface area contributed by atoms with Crippen molar-refractivity contribution in [1.82, 2.24) is 19.8 Å². The molecule has 0 spiro atoms. The van der Waals surface area contributed by atoms with Gasteiger partial charge in [-0.2, -0.15) is 13.2 Å². The van der Waals surface area contributed by atoms with E-state index < -0.39 is 11.9 Å². The van der Waals surface area contributed by atoms with E-state index in [1.165, 1.54) is 6.07 Å². The largest absolute Gasteiger partial charge is 0.456 e. The summed E-state index contributed by atoms with van der Waals surface area (Å²) in [5, 5.41) is 0.755. The van der Waals surface area contributed by atoms with Crippen molar-refractivity contribution in [3.05, 3.63) is 60.0 Å². The Labute approximate surface area is 200 Å². The quantitative estimate of drug-likeness (QED) is 0.546. The van der Waals surface area contributed by atoms with Crippen LogP contribution in [0.5, 0.6) is 11.5 Å². The summed E-state index contributed by atoms with van der Waals surface area (Å²) in [4.78, 5) is 25.3. The zero-order valence-electron chi connectivity index (χ0n) is 19.0. The summed E-state index contributed by atoms with van der Waals surface area (Å²) in [6.45, 7) is 4.85. The summed E-state index contributed by atoms with van der Waals surface area (Å²) >= 11 is 0. The highest BCUT2D eigenvalue weighted by Crippen LogP contribution is 2.30. The average molecular weight is 486 g/mol. The number of rotatable bonds is 4. The first-order valence-electron chi connectivity index (χ1n) is 11.6. The predicted molar refractivity (Wildman–Crippen MR) is 122 cm³/mol. The molecule has 5 rings (SSSR count). The van der Waals surface area contributed by atoms with Crippen LogP contribution in [-0.4, -0.2) is 71.1 Å². The second-order valence-corrected chi connectivity index (χ2v) is 8.70.